The fraction of sp³-hybridized carbons (Fsp3) is 0.125. The summed E-state index contributed by atoms with van der Waals surface area (Å²) in [6.07, 6.45) is 6.81. The van der Waals surface area contributed by atoms with Gasteiger partial charge in [0.25, 0.3) is 5.91 Å². The number of amides is 1. The van der Waals surface area contributed by atoms with Gasteiger partial charge in [-0.2, -0.15) is 0 Å². The van der Waals surface area contributed by atoms with Crippen LogP contribution in [0.4, 0.5) is 5.69 Å². The standard InChI is InChI=1S/C16H15N3O2/c1-11-9-21-12(2)15(11)16(20)18-13-5-3-4-6-14(13)19-8-7-17-10-19/h3-10H,1-2H3,(H,18,20). The van der Waals surface area contributed by atoms with Gasteiger partial charge in [-0.15, -0.1) is 0 Å². The Bertz CT molecular complexity index is 753. The van der Waals surface area contributed by atoms with Crippen LogP contribution in [0.3, 0.4) is 0 Å². The smallest absolute Gasteiger partial charge is 0.259 e. The maximum absolute atomic E-state index is 12.4. The molecule has 0 bridgehead atoms. The molecule has 1 amide bonds. The van der Waals surface area contributed by atoms with Gasteiger partial charge in [-0.1, -0.05) is 12.1 Å². The van der Waals surface area contributed by atoms with Gasteiger partial charge in [-0.25, -0.2) is 4.98 Å². The van der Waals surface area contributed by atoms with Crippen LogP contribution in [-0.2, 0) is 0 Å². The molecule has 0 spiro atoms. The molecule has 5 nitrogen and oxygen atoms in total. The Balaban J connectivity index is 1.94. The molecular weight excluding hydrogens is 266 g/mol. The van der Waals surface area contributed by atoms with E-state index in [0.29, 0.717) is 11.3 Å². The number of para-hydroxylation sites is 2. The van der Waals surface area contributed by atoms with E-state index in [0.717, 1.165) is 16.9 Å². The second-order valence-electron chi connectivity index (χ2n) is 4.79. The summed E-state index contributed by atoms with van der Waals surface area (Å²) in [6, 6.07) is 7.58. The van der Waals surface area contributed by atoms with Crippen molar-refractivity contribution in [1.82, 2.24) is 9.55 Å². The molecule has 21 heavy (non-hydrogen) atoms. The number of nitrogens with one attached hydrogen (secondary N) is 1. The van der Waals surface area contributed by atoms with E-state index in [1.54, 1.807) is 25.7 Å². The average molecular weight is 281 g/mol. The number of aromatic nitrogens is 2. The van der Waals surface area contributed by atoms with Crippen LogP contribution in [0.25, 0.3) is 5.69 Å². The number of hydrogen-bond acceptors (Lipinski definition) is 3. The average Bonchev–Trinajstić information content (AvgIpc) is 3.10. The number of aryl methyl sites for hydroxylation is 2. The zero-order chi connectivity index (χ0) is 14.8. The first kappa shape index (κ1) is 13.2. The number of imidazole rings is 1. The monoisotopic (exact) mass is 281 g/mol. The SMILES string of the molecule is Cc1coc(C)c1C(=O)Nc1ccccc1-n1ccnc1. The Morgan fingerprint density at radius 2 is 2.10 bits per heavy atom. The lowest BCUT2D eigenvalue weighted by Gasteiger charge is -2.11. The zero-order valence-electron chi connectivity index (χ0n) is 11.8. The molecule has 0 aliphatic carbocycles. The summed E-state index contributed by atoms with van der Waals surface area (Å²) in [6.45, 7) is 3.64. The van der Waals surface area contributed by atoms with Crippen molar-refractivity contribution < 1.29 is 9.21 Å². The van der Waals surface area contributed by atoms with Gasteiger partial charge in [0.15, 0.2) is 0 Å². The molecule has 0 radical (unpaired) electrons. The summed E-state index contributed by atoms with van der Waals surface area (Å²) >= 11 is 0. The predicted octanol–water partition coefficient (Wildman–Crippen LogP) is 3.33. The number of hydrogen-bond donors (Lipinski definition) is 1. The van der Waals surface area contributed by atoms with Gasteiger partial charge in [0.2, 0.25) is 0 Å². The third-order valence-electron chi connectivity index (χ3n) is 3.32. The molecule has 0 aliphatic heterocycles. The van der Waals surface area contributed by atoms with Crippen LogP contribution in [-0.4, -0.2) is 15.5 Å². The summed E-state index contributed by atoms with van der Waals surface area (Å²) in [5.41, 5.74) is 2.99. The van der Waals surface area contributed by atoms with Crippen LogP contribution in [0, 0.1) is 13.8 Å². The first-order chi connectivity index (χ1) is 10.2. The van der Waals surface area contributed by atoms with Crippen molar-refractivity contribution in [2.24, 2.45) is 0 Å². The molecule has 5 heteroatoms. The van der Waals surface area contributed by atoms with Crippen LogP contribution in [0.15, 0.2) is 53.7 Å². The maximum atomic E-state index is 12.4. The van der Waals surface area contributed by atoms with Crippen molar-refractivity contribution in [3.05, 3.63) is 66.1 Å². The van der Waals surface area contributed by atoms with Crippen molar-refractivity contribution >= 4 is 11.6 Å². The van der Waals surface area contributed by atoms with E-state index >= 15 is 0 Å². The van der Waals surface area contributed by atoms with E-state index in [1.807, 2.05) is 42.0 Å². The van der Waals surface area contributed by atoms with Gasteiger partial charge in [-0.05, 0) is 26.0 Å². The molecular formula is C16H15N3O2. The molecule has 3 aromatic rings. The Kier molecular flexibility index (Phi) is 3.31. The molecule has 0 saturated heterocycles. The lowest BCUT2D eigenvalue weighted by Crippen LogP contribution is -2.15. The number of rotatable bonds is 3. The second kappa shape index (κ2) is 5.28. The summed E-state index contributed by atoms with van der Waals surface area (Å²) in [5, 5.41) is 2.94. The summed E-state index contributed by atoms with van der Waals surface area (Å²) in [5.74, 6) is 0.441. The Hall–Kier alpha value is -2.82. The third-order valence-corrected chi connectivity index (χ3v) is 3.32. The van der Waals surface area contributed by atoms with Gasteiger partial charge < -0.3 is 14.3 Å². The van der Waals surface area contributed by atoms with Gasteiger partial charge in [0.05, 0.1) is 29.5 Å². The first-order valence-electron chi connectivity index (χ1n) is 6.60. The highest BCUT2D eigenvalue weighted by Crippen LogP contribution is 2.22. The minimum Gasteiger partial charge on any atom is -0.469 e. The van der Waals surface area contributed by atoms with Gasteiger partial charge >= 0.3 is 0 Å². The van der Waals surface area contributed by atoms with E-state index < -0.39 is 0 Å². The van der Waals surface area contributed by atoms with Crippen molar-refractivity contribution in [2.75, 3.05) is 5.32 Å². The topological polar surface area (TPSA) is 60.1 Å². The second-order valence-corrected chi connectivity index (χ2v) is 4.79. The van der Waals surface area contributed by atoms with E-state index in [2.05, 4.69) is 10.3 Å². The molecule has 0 saturated carbocycles. The quantitative estimate of drug-likeness (QED) is 0.801. The van der Waals surface area contributed by atoms with Gasteiger partial charge in [0.1, 0.15) is 5.76 Å². The van der Waals surface area contributed by atoms with Crippen LogP contribution in [0.2, 0.25) is 0 Å². The van der Waals surface area contributed by atoms with Crippen molar-refractivity contribution in [1.29, 1.82) is 0 Å². The van der Waals surface area contributed by atoms with Crippen LogP contribution in [0.1, 0.15) is 21.7 Å². The summed E-state index contributed by atoms with van der Waals surface area (Å²) in [7, 11) is 0. The van der Waals surface area contributed by atoms with Crippen molar-refractivity contribution in [2.45, 2.75) is 13.8 Å². The van der Waals surface area contributed by atoms with E-state index in [-0.39, 0.29) is 5.91 Å². The number of benzene rings is 1. The first-order valence-corrected chi connectivity index (χ1v) is 6.60. The van der Waals surface area contributed by atoms with E-state index in [1.165, 1.54) is 0 Å². The van der Waals surface area contributed by atoms with Crippen molar-refractivity contribution in [3.63, 3.8) is 0 Å². The fourth-order valence-corrected chi connectivity index (χ4v) is 2.30. The Morgan fingerprint density at radius 3 is 2.76 bits per heavy atom. The Morgan fingerprint density at radius 1 is 1.29 bits per heavy atom. The summed E-state index contributed by atoms with van der Waals surface area (Å²) in [4.78, 5) is 16.5. The lowest BCUT2D eigenvalue weighted by molar-refractivity contribution is 0.102. The molecule has 2 aromatic heterocycles. The van der Waals surface area contributed by atoms with Crippen LogP contribution in [0.5, 0.6) is 0 Å². The number of anilines is 1. The highest BCUT2D eigenvalue weighted by Gasteiger charge is 2.17. The number of furan rings is 1. The van der Waals surface area contributed by atoms with Crippen molar-refractivity contribution in [3.8, 4) is 5.69 Å². The molecule has 3 rings (SSSR count). The molecule has 1 aromatic carbocycles. The largest absolute Gasteiger partial charge is 0.469 e. The summed E-state index contributed by atoms with van der Waals surface area (Å²) < 4.78 is 7.13. The number of carbonyl (C=O) groups excluding carboxylic acids is 1. The minimum absolute atomic E-state index is 0.175. The van der Waals surface area contributed by atoms with E-state index in [9.17, 15) is 4.79 Å². The molecule has 1 N–H and O–H groups in total. The minimum atomic E-state index is -0.175. The van der Waals surface area contributed by atoms with Gasteiger partial charge in [0, 0.05) is 18.0 Å². The molecule has 106 valence electrons. The zero-order valence-corrected chi connectivity index (χ0v) is 11.8. The third kappa shape index (κ3) is 2.45. The fourth-order valence-electron chi connectivity index (χ4n) is 2.30. The Labute approximate surface area is 122 Å². The highest BCUT2D eigenvalue weighted by atomic mass is 16.3. The lowest BCUT2D eigenvalue weighted by atomic mass is 10.1. The normalized spacial score (nSPS) is 10.6. The molecule has 0 aliphatic rings. The molecule has 0 fully saturated rings. The number of carbonyl (C=O) groups is 1. The predicted molar refractivity (Wildman–Crippen MR) is 79.7 cm³/mol. The van der Waals surface area contributed by atoms with E-state index in [4.69, 9.17) is 4.42 Å². The van der Waals surface area contributed by atoms with Gasteiger partial charge in [-0.3, -0.25) is 4.79 Å². The molecule has 2 heterocycles. The highest BCUT2D eigenvalue weighted by molar-refractivity contribution is 6.06. The van der Waals surface area contributed by atoms with Crippen LogP contribution >= 0.6 is 0 Å². The molecule has 0 unspecified atom stereocenters. The van der Waals surface area contributed by atoms with Crippen LogP contribution < -0.4 is 5.32 Å². The number of nitrogens with zero attached hydrogens (tertiary/aromatic N) is 2. The maximum Gasteiger partial charge on any atom is 0.259 e. The molecule has 0 atom stereocenters.